The molecule has 3 aromatic rings. The van der Waals surface area contributed by atoms with Gasteiger partial charge >= 0.3 is 0 Å². The van der Waals surface area contributed by atoms with E-state index in [0.717, 1.165) is 11.6 Å². The molecule has 0 N–H and O–H groups in total. The van der Waals surface area contributed by atoms with E-state index in [4.69, 9.17) is 4.74 Å². The number of hydrogen-bond acceptors (Lipinski definition) is 5. The molecule has 5 nitrogen and oxygen atoms in total. The molecule has 0 radical (unpaired) electrons. The number of nitrogens with zero attached hydrogens (tertiary/aromatic N) is 4. The number of ether oxygens (including phenoxy) is 1. The average Bonchev–Trinajstić information content (AvgIpc) is 3.04. The lowest BCUT2D eigenvalue weighted by atomic mass is 10.2. The third kappa shape index (κ3) is 4.02. The fourth-order valence-electron chi connectivity index (χ4n) is 2.30. The maximum Gasteiger partial charge on any atom is 0.191 e. The minimum absolute atomic E-state index is 0.255. The molecule has 3 rings (SSSR count). The van der Waals surface area contributed by atoms with Gasteiger partial charge in [0.05, 0.1) is 13.2 Å². The summed E-state index contributed by atoms with van der Waals surface area (Å²) < 4.78 is 34.2. The second kappa shape index (κ2) is 8.17. The summed E-state index contributed by atoms with van der Waals surface area (Å²) in [5, 5.41) is 9.05. The van der Waals surface area contributed by atoms with Crippen LogP contribution in [0.25, 0.3) is 11.4 Å². The quantitative estimate of drug-likeness (QED) is 0.602. The van der Waals surface area contributed by atoms with E-state index in [1.807, 2.05) is 16.7 Å². The Labute approximate surface area is 148 Å². The zero-order chi connectivity index (χ0) is 17.6. The zero-order valence-electron chi connectivity index (χ0n) is 13.5. The first kappa shape index (κ1) is 17.5. The first-order chi connectivity index (χ1) is 12.2. The van der Waals surface area contributed by atoms with Crippen LogP contribution in [0.15, 0.2) is 47.9 Å². The fourth-order valence-corrected chi connectivity index (χ4v) is 3.24. The van der Waals surface area contributed by atoms with E-state index in [-0.39, 0.29) is 11.3 Å². The SMILES string of the molecule is COCCn1c(SCc2cccc(F)c2F)nnc1-c1ccncc1. The molecule has 0 bridgehead atoms. The predicted molar refractivity (Wildman–Crippen MR) is 91.0 cm³/mol. The van der Waals surface area contributed by atoms with Crippen LogP contribution in [-0.2, 0) is 17.0 Å². The first-order valence-electron chi connectivity index (χ1n) is 7.59. The highest BCUT2D eigenvalue weighted by atomic mass is 32.2. The Morgan fingerprint density at radius 1 is 1.12 bits per heavy atom. The lowest BCUT2D eigenvalue weighted by Gasteiger charge is -2.10. The normalized spacial score (nSPS) is 11.0. The molecule has 2 aromatic heterocycles. The summed E-state index contributed by atoms with van der Waals surface area (Å²) in [6.45, 7) is 1.03. The predicted octanol–water partition coefficient (Wildman–Crippen LogP) is 3.56. The van der Waals surface area contributed by atoms with Crippen LogP contribution in [0.2, 0.25) is 0 Å². The van der Waals surface area contributed by atoms with Crippen molar-refractivity contribution >= 4 is 11.8 Å². The maximum atomic E-state index is 13.8. The van der Waals surface area contributed by atoms with E-state index in [2.05, 4.69) is 15.2 Å². The molecule has 0 unspecified atom stereocenters. The van der Waals surface area contributed by atoms with Crippen molar-refractivity contribution in [2.75, 3.05) is 13.7 Å². The summed E-state index contributed by atoms with van der Waals surface area (Å²) in [5.41, 5.74) is 1.17. The second-order valence-electron chi connectivity index (χ2n) is 5.19. The van der Waals surface area contributed by atoms with Gasteiger partial charge in [0.2, 0.25) is 0 Å². The van der Waals surface area contributed by atoms with E-state index < -0.39 is 11.6 Å². The molecule has 0 atom stereocenters. The number of halogens is 2. The number of rotatable bonds is 7. The summed E-state index contributed by atoms with van der Waals surface area (Å²) >= 11 is 1.30. The van der Waals surface area contributed by atoms with Gasteiger partial charge < -0.3 is 4.74 Å². The summed E-state index contributed by atoms with van der Waals surface area (Å²) in [6.07, 6.45) is 3.36. The third-order valence-electron chi connectivity index (χ3n) is 3.56. The Hall–Kier alpha value is -2.32. The van der Waals surface area contributed by atoms with E-state index in [1.54, 1.807) is 25.6 Å². The van der Waals surface area contributed by atoms with Gasteiger partial charge in [0, 0.05) is 36.4 Å². The molecule has 130 valence electrons. The number of thioether (sulfide) groups is 1. The third-order valence-corrected chi connectivity index (χ3v) is 4.58. The van der Waals surface area contributed by atoms with Gasteiger partial charge in [-0.1, -0.05) is 23.9 Å². The maximum absolute atomic E-state index is 13.8. The van der Waals surface area contributed by atoms with Gasteiger partial charge in [0.25, 0.3) is 0 Å². The zero-order valence-corrected chi connectivity index (χ0v) is 14.3. The highest BCUT2D eigenvalue weighted by Crippen LogP contribution is 2.27. The fraction of sp³-hybridized carbons (Fsp3) is 0.235. The van der Waals surface area contributed by atoms with Crippen LogP contribution >= 0.6 is 11.8 Å². The first-order valence-corrected chi connectivity index (χ1v) is 8.57. The summed E-state index contributed by atoms with van der Waals surface area (Å²) in [5.74, 6) is -0.740. The Morgan fingerprint density at radius 2 is 1.92 bits per heavy atom. The lowest BCUT2D eigenvalue weighted by molar-refractivity contribution is 0.185. The molecule has 25 heavy (non-hydrogen) atoms. The lowest BCUT2D eigenvalue weighted by Crippen LogP contribution is -2.07. The summed E-state index contributed by atoms with van der Waals surface area (Å²) in [7, 11) is 1.62. The van der Waals surface area contributed by atoms with Gasteiger partial charge in [-0.25, -0.2) is 8.78 Å². The molecular formula is C17H16F2N4OS. The topological polar surface area (TPSA) is 52.8 Å². The molecule has 0 saturated carbocycles. The van der Waals surface area contributed by atoms with Crippen LogP contribution in [0.1, 0.15) is 5.56 Å². The van der Waals surface area contributed by atoms with E-state index in [9.17, 15) is 8.78 Å². The molecule has 2 heterocycles. The molecule has 1 aromatic carbocycles. The second-order valence-corrected chi connectivity index (χ2v) is 6.13. The molecule has 0 fully saturated rings. The molecule has 0 aliphatic rings. The standard InChI is InChI=1S/C17H16F2N4OS/c1-24-10-9-23-16(12-5-7-20-8-6-12)21-22-17(23)25-11-13-3-2-4-14(18)15(13)19/h2-8H,9-11H2,1H3. The highest BCUT2D eigenvalue weighted by molar-refractivity contribution is 7.98. The molecule has 0 amide bonds. The van der Waals surface area contributed by atoms with Gasteiger partial charge in [-0.2, -0.15) is 0 Å². The van der Waals surface area contributed by atoms with Crippen LogP contribution < -0.4 is 0 Å². The molecule has 0 aliphatic carbocycles. The Kier molecular flexibility index (Phi) is 5.72. The average molecular weight is 362 g/mol. The van der Waals surface area contributed by atoms with Crippen molar-refractivity contribution in [1.29, 1.82) is 0 Å². The molecular weight excluding hydrogens is 346 g/mol. The minimum Gasteiger partial charge on any atom is -0.383 e. The Balaban J connectivity index is 1.85. The summed E-state index contributed by atoms with van der Waals surface area (Å²) in [6, 6.07) is 7.84. The minimum atomic E-state index is -0.851. The Bertz CT molecular complexity index is 842. The van der Waals surface area contributed by atoms with Gasteiger partial charge in [0.15, 0.2) is 22.6 Å². The smallest absolute Gasteiger partial charge is 0.191 e. The van der Waals surface area contributed by atoms with Crippen LogP contribution in [0.4, 0.5) is 8.78 Å². The molecule has 0 spiro atoms. The number of aromatic nitrogens is 4. The van der Waals surface area contributed by atoms with Crippen LogP contribution in [0, 0.1) is 11.6 Å². The number of benzene rings is 1. The van der Waals surface area contributed by atoms with Crippen molar-refractivity contribution in [3.8, 4) is 11.4 Å². The number of pyridine rings is 1. The van der Waals surface area contributed by atoms with Crippen molar-refractivity contribution in [3.63, 3.8) is 0 Å². The Morgan fingerprint density at radius 3 is 2.68 bits per heavy atom. The highest BCUT2D eigenvalue weighted by Gasteiger charge is 2.16. The van der Waals surface area contributed by atoms with Crippen molar-refractivity contribution in [1.82, 2.24) is 19.7 Å². The van der Waals surface area contributed by atoms with Gasteiger partial charge in [0.1, 0.15) is 0 Å². The molecule has 0 aliphatic heterocycles. The van der Waals surface area contributed by atoms with Crippen LogP contribution in [0.3, 0.4) is 0 Å². The van der Waals surface area contributed by atoms with Gasteiger partial charge in [-0.15, -0.1) is 10.2 Å². The van der Waals surface area contributed by atoms with Crippen LogP contribution in [-0.4, -0.2) is 33.5 Å². The largest absolute Gasteiger partial charge is 0.383 e. The van der Waals surface area contributed by atoms with E-state index in [0.29, 0.717) is 24.1 Å². The van der Waals surface area contributed by atoms with Crippen molar-refractivity contribution < 1.29 is 13.5 Å². The monoisotopic (exact) mass is 362 g/mol. The number of hydrogen-bond donors (Lipinski definition) is 0. The van der Waals surface area contributed by atoms with E-state index in [1.165, 1.54) is 17.8 Å². The van der Waals surface area contributed by atoms with Crippen molar-refractivity contribution in [3.05, 3.63) is 59.9 Å². The van der Waals surface area contributed by atoms with Gasteiger partial charge in [-0.3, -0.25) is 9.55 Å². The molecule has 8 heteroatoms. The number of methoxy groups -OCH3 is 1. The van der Waals surface area contributed by atoms with E-state index >= 15 is 0 Å². The summed E-state index contributed by atoms with van der Waals surface area (Å²) in [4.78, 5) is 4.00. The van der Waals surface area contributed by atoms with Gasteiger partial charge in [-0.05, 0) is 18.2 Å². The van der Waals surface area contributed by atoms with Crippen molar-refractivity contribution in [2.45, 2.75) is 17.5 Å². The van der Waals surface area contributed by atoms with Crippen molar-refractivity contribution in [2.24, 2.45) is 0 Å². The molecule has 0 saturated heterocycles. The van der Waals surface area contributed by atoms with Crippen LogP contribution in [0.5, 0.6) is 0 Å².